The SMILES string of the molecule is Cc1cnc(NCC(C)(C)c2ccccc2)s1. The molecule has 2 nitrogen and oxygen atoms in total. The van der Waals surface area contributed by atoms with E-state index in [1.165, 1.54) is 10.4 Å². The molecular formula is C14H18N2S. The molecule has 0 spiro atoms. The lowest BCUT2D eigenvalue weighted by Crippen LogP contribution is -2.27. The zero-order valence-electron chi connectivity index (χ0n) is 10.5. The fourth-order valence-corrected chi connectivity index (χ4v) is 2.38. The molecule has 0 radical (unpaired) electrons. The minimum absolute atomic E-state index is 0.112. The van der Waals surface area contributed by atoms with Crippen molar-refractivity contribution in [2.45, 2.75) is 26.2 Å². The smallest absolute Gasteiger partial charge is 0.182 e. The molecule has 0 atom stereocenters. The Morgan fingerprint density at radius 2 is 1.94 bits per heavy atom. The Bertz CT molecular complexity index is 474. The number of thiazole rings is 1. The van der Waals surface area contributed by atoms with Crippen LogP contribution in [0.4, 0.5) is 5.13 Å². The van der Waals surface area contributed by atoms with Crippen molar-refractivity contribution in [3.63, 3.8) is 0 Å². The summed E-state index contributed by atoms with van der Waals surface area (Å²) < 4.78 is 0. The minimum Gasteiger partial charge on any atom is -0.361 e. The van der Waals surface area contributed by atoms with Crippen molar-refractivity contribution >= 4 is 16.5 Å². The molecule has 3 heteroatoms. The van der Waals surface area contributed by atoms with E-state index in [0.717, 1.165) is 11.7 Å². The number of aromatic nitrogens is 1. The quantitative estimate of drug-likeness (QED) is 0.886. The maximum absolute atomic E-state index is 4.32. The molecule has 1 N–H and O–H groups in total. The van der Waals surface area contributed by atoms with Crippen LogP contribution in [0, 0.1) is 6.92 Å². The first kappa shape index (κ1) is 12.1. The Morgan fingerprint density at radius 1 is 1.24 bits per heavy atom. The first-order valence-electron chi connectivity index (χ1n) is 5.80. The average Bonchev–Trinajstić information content (AvgIpc) is 2.74. The van der Waals surface area contributed by atoms with Gasteiger partial charge in [0.25, 0.3) is 0 Å². The van der Waals surface area contributed by atoms with Gasteiger partial charge in [0, 0.05) is 23.0 Å². The van der Waals surface area contributed by atoms with Crippen LogP contribution in [0.3, 0.4) is 0 Å². The fourth-order valence-electron chi connectivity index (χ4n) is 1.72. The predicted octanol–water partition coefficient (Wildman–Crippen LogP) is 3.84. The van der Waals surface area contributed by atoms with E-state index in [9.17, 15) is 0 Å². The number of hydrogen-bond donors (Lipinski definition) is 1. The van der Waals surface area contributed by atoms with Crippen LogP contribution in [-0.4, -0.2) is 11.5 Å². The van der Waals surface area contributed by atoms with E-state index in [2.05, 4.69) is 61.4 Å². The number of aryl methyl sites for hydroxylation is 1. The fraction of sp³-hybridized carbons (Fsp3) is 0.357. The molecule has 1 aromatic carbocycles. The second kappa shape index (κ2) is 4.88. The number of benzene rings is 1. The van der Waals surface area contributed by atoms with E-state index < -0.39 is 0 Å². The third kappa shape index (κ3) is 3.07. The second-order valence-corrected chi connectivity index (χ2v) is 6.11. The van der Waals surface area contributed by atoms with E-state index in [1.807, 2.05) is 6.20 Å². The van der Waals surface area contributed by atoms with Crippen molar-refractivity contribution in [1.82, 2.24) is 4.98 Å². The van der Waals surface area contributed by atoms with Gasteiger partial charge in [-0.05, 0) is 12.5 Å². The van der Waals surface area contributed by atoms with E-state index in [1.54, 1.807) is 11.3 Å². The third-order valence-electron chi connectivity index (χ3n) is 2.86. The predicted molar refractivity (Wildman–Crippen MR) is 74.8 cm³/mol. The number of nitrogens with zero attached hydrogens (tertiary/aromatic N) is 1. The summed E-state index contributed by atoms with van der Waals surface area (Å²) in [5.74, 6) is 0. The van der Waals surface area contributed by atoms with Crippen LogP contribution in [0.2, 0.25) is 0 Å². The molecule has 0 aliphatic carbocycles. The zero-order chi connectivity index (χ0) is 12.3. The molecule has 0 unspecified atom stereocenters. The highest BCUT2D eigenvalue weighted by atomic mass is 32.1. The number of anilines is 1. The lowest BCUT2D eigenvalue weighted by atomic mass is 9.85. The second-order valence-electron chi connectivity index (χ2n) is 4.88. The first-order valence-corrected chi connectivity index (χ1v) is 6.61. The van der Waals surface area contributed by atoms with Crippen LogP contribution in [-0.2, 0) is 5.41 Å². The Kier molecular flexibility index (Phi) is 3.48. The van der Waals surface area contributed by atoms with Gasteiger partial charge in [-0.3, -0.25) is 0 Å². The highest BCUT2D eigenvalue weighted by Gasteiger charge is 2.20. The van der Waals surface area contributed by atoms with Crippen molar-refractivity contribution in [2.24, 2.45) is 0 Å². The summed E-state index contributed by atoms with van der Waals surface area (Å²) in [5.41, 5.74) is 1.46. The van der Waals surface area contributed by atoms with Crippen molar-refractivity contribution in [3.8, 4) is 0 Å². The van der Waals surface area contributed by atoms with E-state index in [4.69, 9.17) is 0 Å². The van der Waals surface area contributed by atoms with Gasteiger partial charge in [0.2, 0.25) is 0 Å². The molecule has 0 aliphatic rings. The zero-order valence-corrected chi connectivity index (χ0v) is 11.3. The lowest BCUT2D eigenvalue weighted by molar-refractivity contribution is 0.557. The summed E-state index contributed by atoms with van der Waals surface area (Å²) in [5, 5.41) is 4.42. The third-order valence-corrected chi connectivity index (χ3v) is 3.73. The van der Waals surface area contributed by atoms with Crippen molar-refractivity contribution in [3.05, 3.63) is 47.0 Å². The van der Waals surface area contributed by atoms with Crippen LogP contribution in [0.5, 0.6) is 0 Å². The molecule has 0 amide bonds. The molecule has 0 bridgehead atoms. The highest BCUT2D eigenvalue weighted by Crippen LogP contribution is 2.24. The molecule has 90 valence electrons. The van der Waals surface area contributed by atoms with Gasteiger partial charge in [0.05, 0.1) is 0 Å². The molecule has 0 aliphatic heterocycles. The molecule has 2 aromatic rings. The molecule has 0 fully saturated rings. The minimum atomic E-state index is 0.112. The van der Waals surface area contributed by atoms with Gasteiger partial charge < -0.3 is 5.32 Å². The van der Waals surface area contributed by atoms with Crippen LogP contribution in [0.25, 0.3) is 0 Å². The topological polar surface area (TPSA) is 24.9 Å². The highest BCUT2D eigenvalue weighted by molar-refractivity contribution is 7.15. The van der Waals surface area contributed by atoms with Gasteiger partial charge in [-0.2, -0.15) is 0 Å². The van der Waals surface area contributed by atoms with Gasteiger partial charge in [0.15, 0.2) is 5.13 Å². The lowest BCUT2D eigenvalue weighted by Gasteiger charge is -2.25. The normalized spacial score (nSPS) is 11.5. The van der Waals surface area contributed by atoms with Crippen molar-refractivity contribution < 1.29 is 0 Å². The number of rotatable bonds is 4. The van der Waals surface area contributed by atoms with Crippen LogP contribution >= 0.6 is 11.3 Å². The molecular weight excluding hydrogens is 228 g/mol. The molecule has 1 heterocycles. The summed E-state index contributed by atoms with van der Waals surface area (Å²) >= 11 is 1.70. The van der Waals surface area contributed by atoms with Gasteiger partial charge in [0.1, 0.15) is 0 Å². The van der Waals surface area contributed by atoms with Gasteiger partial charge in [-0.1, -0.05) is 44.2 Å². The summed E-state index contributed by atoms with van der Waals surface area (Å²) in [7, 11) is 0. The van der Waals surface area contributed by atoms with E-state index >= 15 is 0 Å². The first-order chi connectivity index (χ1) is 8.08. The molecule has 0 saturated heterocycles. The maximum Gasteiger partial charge on any atom is 0.182 e. The summed E-state index contributed by atoms with van der Waals surface area (Å²) in [4.78, 5) is 5.56. The van der Waals surface area contributed by atoms with Crippen molar-refractivity contribution in [1.29, 1.82) is 0 Å². The molecule has 17 heavy (non-hydrogen) atoms. The monoisotopic (exact) mass is 246 g/mol. The van der Waals surface area contributed by atoms with Crippen LogP contribution in [0.1, 0.15) is 24.3 Å². The van der Waals surface area contributed by atoms with E-state index in [0.29, 0.717) is 0 Å². The molecule has 2 rings (SSSR count). The Morgan fingerprint density at radius 3 is 2.53 bits per heavy atom. The average molecular weight is 246 g/mol. The van der Waals surface area contributed by atoms with Crippen LogP contribution < -0.4 is 5.32 Å². The Hall–Kier alpha value is -1.35. The molecule has 1 aromatic heterocycles. The number of hydrogen-bond acceptors (Lipinski definition) is 3. The van der Waals surface area contributed by atoms with Gasteiger partial charge in [-0.25, -0.2) is 4.98 Å². The molecule has 0 saturated carbocycles. The summed E-state index contributed by atoms with van der Waals surface area (Å²) in [6.07, 6.45) is 1.91. The van der Waals surface area contributed by atoms with Crippen LogP contribution in [0.15, 0.2) is 36.5 Å². The largest absolute Gasteiger partial charge is 0.361 e. The van der Waals surface area contributed by atoms with E-state index in [-0.39, 0.29) is 5.41 Å². The maximum atomic E-state index is 4.32. The summed E-state index contributed by atoms with van der Waals surface area (Å²) in [6, 6.07) is 10.6. The Balaban J connectivity index is 2.03. The van der Waals surface area contributed by atoms with Gasteiger partial charge in [-0.15, -0.1) is 11.3 Å². The Labute approximate surface area is 107 Å². The summed E-state index contributed by atoms with van der Waals surface area (Å²) in [6.45, 7) is 7.46. The van der Waals surface area contributed by atoms with Gasteiger partial charge >= 0.3 is 0 Å². The standard InChI is InChI=1S/C14H18N2S/c1-11-9-15-13(17-11)16-10-14(2,3)12-7-5-4-6-8-12/h4-9H,10H2,1-3H3,(H,15,16). The van der Waals surface area contributed by atoms with Crippen molar-refractivity contribution in [2.75, 3.05) is 11.9 Å². The number of nitrogens with one attached hydrogen (secondary N) is 1.